The minimum Gasteiger partial charge on any atom is -0.338 e. The molecule has 0 fully saturated rings. The third-order valence-corrected chi connectivity index (χ3v) is 8.10. The number of hydrogen-bond acceptors (Lipinski definition) is 1. The first kappa shape index (κ1) is 27.8. The molecule has 1 N–H and O–H groups in total. The normalized spacial score (nSPS) is 11.9. The molecule has 0 saturated carbocycles. The van der Waals surface area contributed by atoms with Gasteiger partial charge in [0.1, 0.15) is 5.82 Å². The number of aromatic nitrogens is 2. The van der Waals surface area contributed by atoms with Crippen LogP contribution in [-0.2, 0) is 6.18 Å². The van der Waals surface area contributed by atoms with Crippen LogP contribution in [0.2, 0.25) is 0 Å². The van der Waals surface area contributed by atoms with Gasteiger partial charge in [0.2, 0.25) is 6.71 Å². The number of nitrogens with zero attached hydrogens (tertiary/aromatic N) is 1. The smallest absolute Gasteiger partial charge is 0.338 e. The van der Waals surface area contributed by atoms with E-state index in [0.717, 1.165) is 34.3 Å². The number of halogens is 3. The molecule has 0 saturated heterocycles. The highest BCUT2D eigenvalue weighted by molar-refractivity contribution is 6.97. The monoisotopic (exact) mass is 538 g/mol. The van der Waals surface area contributed by atoms with Crippen molar-refractivity contribution >= 4 is 34.1 Å². The fraction of sp³-hybridized carbons (Fsp3) is 0.265. The Morgan fingerprint density at radius 3 is 1.52 bits per heavy atom. The molecule has 0 spiro atoms. The Hall–Kier alpha value is -3.80. The Morgan fingerprint density at radius 2 is 1.07 bits per heavy atom. The van der Waals surface area contributed by atoms with Crippen molar-refractivity contribution in [2.75, 3.05) is 0 Å². The van der Waals surface area contributed by atoms with Gasteiger partial charge in [-0.25, -0.2) is 4.98 Å². The molecule has 0 unspecified atom stereocenters. The van der Waals surface area contributed by atoms with Crippen LogP contribution in [0.25, 0.3) is 22.4 Å². The first-order valence-electron chi connectivity index (χ1n) is 13.6. The van der Waals surface area contributed by atoms with Crippen LogP contribution in [0.1, 0.15) is 50.1 Å². The zero-order valence-electron chi connectivity index (χ0n) is 24.4. The first-order valence-corrected chi connectivity index (χ1v) is 13.6. The molecule has 0 aliphatic rings. The minimum absolute atomic E-state index is 0.0109. The van der Waals surface area contributed by atoms with Crippen LogP contribution >= 0.6 is 0 Å². The van der Waals surface area contributed by atoms with Crippen LogP contribution in [0.3, 0.4) is 0 Å². The summed E-state index contributed by atoms with van der Waals surface area (Å²) < 4.78 is 39.4. The van der Waals surface area contributed by atoms with E-state index in [4.69, 9.17) is 4.98 Å². The van der Waals surface area contributed by atoms with Crippen molar-refractivity contribution in [3.63, 3.8) is 0 Å². The molecular weight excluding hydrogens is 504 g/mol. The van der Waals surface area contributed by atoms with Crippen molar-refractivity contribution in [1.29, 1.82) is 0 Å². The SMILES string of the molecule is Cc1cc(C)c(B(c2c(C)cc(C)cc2C)c2c(C)cc3[nH]c(-c4ccc(C(F)(F)F)cc4)nc3c2C)c(C)c1. The van der Waals surface area contributed by atoms with E-state index in [-0.39, 0.29) is 6.71 Å². The highest BCUT2D eigenvalue weighted by atomic mass is 19.4. The Bertz CT molecular complexity index is 1660. The largest absolute Gasteiger partial charge is 0.416 e. The molecule has 0 aliphatic heterocycles. The van der Waals surface area contributed by atoms with Crippen molar-refractivity contribution in [3.8, 4) is 11.4 Å². The number of fused-ring (bicyclic) bond motifs is 1. The Kier molecular flexibility index (Phi) is 6.93. The lowest BCUT2D eigenvalue weighted by Crippen LogP contribution is -2.57. The number of rotatable bonds is 4. The fourth-order valence-corrected chi connectivity index (χ4v) is 6.62. The number of benzene rings is 4. The lowest BCUT2D eigenvalue weighted by molar-refractivity contribution is -0.137. The maximum Gasteiger partial charge on any atom is 0.416 e. The van der Waals surface area contributed by atoms with E-state index >= 15 is 0 Å². The molecule has 204 valence electrons. The van der Waals surface area contributed by atoms with Gasteiger partial charge < -0.3 is 4.98 Å². The Labute approximate surface area is 234 Å². The summed E-state index contributed by atoms with van der Waals surface area (Å²) in [5, 5.41) is 0. The molecule has 0 bridgehead atoms. The standard InChI is InChI=1S/C34H34BF3N2/c1-18-13-20(3)29(21(4)14-18)35(30-22(5)15-19(2)16-23(30)6)31-24(7)17-28-32(25(31)8)40-33(39-28)26-9-11-27(12-10-26)34(36,37)38/h9-17H,1-8H3,(H,39,40). The summed E-state index contributed by atoms with van der Waals surface area (Å²) in [6, 6.07) is 16.3. The van der Waals surface area contributed by atoms with Crippen LogP contribution in [0.4, 0.5) is 13.2 Å². The van der Waals surface area contributed by atoms with Gasteiger partial charge in [-0.15, -0.1) is 0 Å². The molecule has 0 amide bonds. The molecule has 1 aromatic heterocycles. The number of nitrogens with one attached hydrogen (secondary N) is 1. The van der Waals surface area contributed by atoms with Crippen LogP contribution < -0.4 is 16.4 Å². The molecule has 0 radical (unpaired) electrons. The quantitative estimate of drug-likeness (QED) is 0.240. The predicted molar refractivity (Wildman–Crippen MR) is 162 cm³/mol. The third-order valence-electron chi connectivity index (χ3n) is 8.10. The number of alkyl halides is 3. The molecule has 4 aromatic carbocycles. The summed E-state index contributed by atoms with van der Waals surface area (Å²) in [6.07, 6.45) is -4.37. The van der Waals surface area contributed by atoms with E-state index in [2.05, 4.69) is 90.7 Å². The van der Waals surface area contributed by atoms with Gasteiger partial charge in [-0.05, 0) is 79.2 Å². The molecule has 0 atom stereocenters. The number of imidazole rings is 1. The molecule has 5 rings (SSSR count). The van der Waals surface area contributed by atoms with Gasteiger partial charge in [-0.3, -0.25) is 0 Å². The van der Waals surface area contributed by atoms with Crippen molar-refractivity contribution in [2.45, 2.75) is 61.6 Å². The highest BCUT2D eigenvalue weighted by Crippen LogP contribution is 2.31. The summed E-state index contributed by atoms with van der Waals surface area (Å²) in [5.41, 5.74) is 15.3. The van der Waals surface area contributed by atoms with Gasteiger partial charge in [-0.2, -0.15) is 13.2 Å². The van der Waals surface area contributed by atoms with Gasteiger partial charge in [0.05, 0.1) is 16.6 Å². The minimum atomic E-state index is -4.37. The molecule has 5 aromatic rings. The zero-order valence-corrected chi connectivity index (χ0v) is 24.4. The maximum atomic E-state index is 13.1. The van der Waals surface area contributed by atoms with E-state index in [1.54, 1.807) is 0 Å². The summed E-state index contributed by atoms with van der Waals surface area (Å²) in [5.74, 6) is 0.560. The molecular formula is C34H34BF3N2. The third kappa shape index (κ3) is 4.85. The lowest BCUT2D eigenvalue weighted by Gasteiger charge is -2.27. The van der Waals surface area contributed by atoms with Crippen LogP contribution in [0.15, 0.2) is 54.6 Å². The number of H-pyrrole nitrogens is 1. The second-order valence-electron chi connectivity index (χ2n) is 11.3. The average molecular weight is 538 g/mol. The fourth-order valence-electron chi connectivity index (χ4n) is 6.62. The van der Waals surface area contributed by atoms with Crippen molar-refractivity contribution < 1.29 is 13.2 Å². The van der Waals surface area contributed by atoms with Crippen LogP contribution in [0, 0.1) is 55.4 Å². The van der Waals surface area contributed by atoms with Crippen LogP contribution in [-0.4, -0.2) is 16.7 Å². The van der Waals surface area contributed by atoms with Crippen molar-refractivity contribution in [1.82, 2.24) is 9.97 Å². The average Bonchev–Trinajstić information content (AvgIpc) is 3.26. The zero-order chi connectivity index (χ0) is 29.1. The second-order valence-corrected chi connectivity index (χ2v) is 11.3. The van der Waals surface area contributed by atoms with Crippen molar-refractivity contribution in [3.05, 3.63) is 105 Å². The molecule has 0 aliphatic carbocycles. The predicted octanol–water partition coefficient (Wildman–Crippen LogP) is 7.23. The van der Waals surface area contributed by atoms with E-state index < -0.39 is 11.7 Å². The molecule has 1 heterocycles. The molecule has 40 heavy (non-hydrogen) atoms. The van der Waals surface area contributed by atoms with Crippen molar-refractivity contribution in [2.24, 2.45) is 0 Å². The number of hydrogen-bond donors (Lipinski definition) is 1. The summed E-state index contributed by atoms with van der Waals surface area (Å²) >= 11 is 0. The Balaban J connectivity index is 1.76. The van der Waals surface area contributed by atoms with Gasteiger partial charge in [0.25, 0.3) is 0 Å². The van der Waals surface area contributed by atoms with Crippen LogP contribution in [0.5, 0.6) is 0 Å². The summed E-state index contributed by atoms with van der Waals surface area (Å²) in [4.78, 5) is 8.29. The molecule has 2 nitrogen and oxygen atoms in total. The van der Waals surface area contributed by atoms with Gasteiger partial charge >= 0.3 is 6.18 Å². The topological polar surface area (TPSA) is 28.7 Å². The second kappa shape index (κ2) is 9.99. The summed E-state index contributed by atoms with van der Waals surface area (Å²) in [6.45, 7) is 17.3. The van der Waals surface area contributed by atoms with Gasteiger partial charge in [0, 0.05) is 5.56 Å². The van der Waals surface area contributed by atoms with Gasteiger partial charge in [0.15, 0.2) is 0 Å². The van der Waals surface area contributed by atoms with Gasteiger partial charge in [-0.1, -0.05) is 91.7 Å². The van der Waals surface area contributed by atoms with E-state index in [9.17, 15) is 13.2 Å². The van der Waals surface area contributed by atoms with E-state index in [0.29, 0.717) is 11.4 Å². The number of aromatic amines is 1. The summed E-state index contributed by atoms with van der Waals surface area (Å²) in [7, 11) is 0. The van der Waals surface area contributed by atoms with E-state index in [1.807, 2.05) is 0 Å². The van der Waals surface area contributed by atoms with E-state index in [1.165, 1.54) is 61.9 Å². The highest BCUT2D eigenvalue weighted by Gasteiger charge is 2.32. The maximum absolute atomic E-state index is 13.1. The molecule has 6 heteroatoms. The Morgan fingerprint density at radius 1 is 0.625 bits per heavy atom. The number of aryl methyl sites for hydroxylation is 8. The first-order chi connectivity index (χ1) is 18.8. The lowest BCUT2D eigenvalue weighted by atomic mass is 9.33.